The second-order valence-electron chi connectivity index (χ2n) is 13.4. The van der Waals surface area contributed by atoms with Gasteiger partial charge in [-0.25, -0.2) is 14.4 Å². The highest BCUT2D eigenvalue weighted by atomic mass is 16.7. The molecule has 244 valence electrons. The van der Waals surface area contributed by atoms with Crippen molar-refractivity contribution >= 4 is 40.7 Å². The van der Waals surface area contributed by atoms with Gasteiger partial charge in [-0.15, -0.1) is 5.06 Å². The molecule has 1 saturated heterocycles. The number of aromatic nitrogens is 2. The van der Waals surface area contributed by atoms with Crippen LogP contribution in [0, 0.1) is 5.41 Å². The van der Waals surface area contributed by atoms with Gasteiger partial charge in [-0.3, -0.25) is 19.1 Å². The Labute approximate surface area is 265 Å². The molecule has 2 aromatic carbocycles. The number of carbonyl (C=O) groups excluding carboxylic acids is 5. The highest BCUT2D eigenvalue weighted by molar-refractivity contribution is 6.20. The molecular weight excluding hydrogens is 598 g/mol. The summed E-state index contributed by atoms with van der Waals surface area (Å²) in [4.78, 5) is 70.7. The lowest BCUT2D eigenvalue weighted by molar-refractivity contribution is -0.193. The van der Waals surface area contributed by atoms with E-state index < -0.39 is 52.5 Å². The van der Waals surface area contributed by atoms with Gasteiger partial charge in [0.05, 0.1) is 23.2 Å². The molecule has 2 N–H and O–H groups in total. The number of ether oxygens (including phenoxy) is 3. The predicted octanol–water partition coefficient (Wildman–Crippen LogP) is 3.08. The Balaban J connectivity index is 1.28. The quantitative estimate of drug-likeness (QED) is 0.272. The zero-order chi connectivity index (χ0) is 33.6. The standard InChI is InChI=1S/C32H37N5O9/c1-30(2,3)44-27(40)24(46-37-25(38)21-9-7-8-10-22(21)26(37)39)15-43-20-11-12-23-19(13-20)14-36(34-23)18-32(28(33)41)16-35(17-32)29(42)45-31(4,5)6/h7-14,24H,15-18H2,1-6H3,(H2,33,41). The summed E-state index contributed by atoms with van der Waals surface area (Å²) in [5, 5.41) is 5.75. The van der Waals surface area contributed by atoms with Gasteiger partial charge in [-0.05, 0) is 71.9 Å². The molecule has 3 aromatic rings. The molecule has 0 spiro atoms. The Kier molecular flexibility index (Phi) is 8.28. The maximum atomic E-state index is 13.1. The second-order valence-corrected chi connectivity index (χ2v) is 13.4. The van der Waals surface area contributed by atoms with Crippen LogP contribution < -0.4 is 10.5 Å². The van der Waals surface area contributed by atoms with Crippen molar-refractivity contribution < 1.29 is 43.0 Å². The third-order valence-corrected chi connectivity index (χ3v) is 7.21. The van der Waals surface area contributed by atoms with Gasteiger partial charge in [0.1, 0.15) is 29.0 Å². The van der Waals surface area contributed by atoms with E-state index in [1.165, 1.54) is 17.0 Å². The van der Waals surface area contributed by atoms with Gasteiger partial charge in [-0.1, -0.05) is 12.1 Å². The van der Waals surface area contributed by atoms with Gasteiger partial charge in [0.25, 0.3) is 11.8 Å². The predicted molar refractivity (Wildman–Crippen MR) is 162 cm³/mol. The number of hydroxylamine groups is 2. The molecule has 14 heteroatoms. The van der Waals surface area contributed by atoms with Crippen molar-refractivity contribution in [3.8, 4) is 5.75 Å². The number of rotatable bonds is 9. The molecule has 1 atom stereocenters. The lowest BCUT2D eigenvalue weighted by Crippen LogP contribution is -2.66. The van der Waals surface area contributed by atoms with Crippen molar-refractivity contribution in [2.75, 3.05) is 19.7 Å². The first-order valence-corrected chi connectivity index (χ1v) is 14.7. The number of nitrogens with two attached hydrogens (primary N) is 1. The zero-order valence-corrected chi connectivity index (χ0v) is 26.6. The van der Waals surface area contributed by atoms with Crippen LogP contribution in [0.15, 0.2) is 48.7 Å². The van der Waals surface area contributed by atoms with Crippen LogP contribution in [-0.4, -0.2) is 86.5 Å². The number of amides is 4. The molecule has 0 radical (unpaired) electrons. The van der Waals surface area contributed by atoms with Gasteiger partial charge >= 0.3 is 12.1 Å². The van der Waals surface area contributed by atoms with Crippen molar-refractivity contribution in [2.45, 2.75) is 65.4 Å². The van der Waals surface area contributed by atoms with E-state index in [0.29, 0.717) is 21.7 Å². The van der Waals surface area contributed by atoms with Crippen molar-refractivity contribution in [2.24, 2.45) is 11.1 Å². The lowest BCUT2D eigenvalue weighted by atomic mass is 9.79. The molecule has 4 amide bonds. The van der Waals surface area contributed by atoms with Crippen LogP contribution in [0.3, 0.4) is 0 Å². The van der Waals surface area contributed by atoms with Crippen LogP contribution in [0.2, 0.25) is 0 Å². The fraction of sp³-hybridized carbons (Fsp3) is 0.438. The van der Waals surface area contributed by atoms with Gasteiger partial charge in [-0.2, -0.15) is 5.10 Å². The summed E-state index contributed by atoms with van der Waals surface area (Å²) in [6.45, 7) is 10.3. The molecule has 14 nitrogen and oxygen atoms in total. The van der Waals surface area contributed by atoms with E-state index in [0.717, 1.165) is 0 Å². The molecule has 5 rings (SSSR count). The molecule has 46 heavy (non-hydrogen) atoms. The second kappa shape index (κ2) is 11.7. The third-order valence-electron chi connectivity index (χ3n) is 7.21. The van der Waals surface area contributed by atoms with Gasteiger partial charge < -0.3 is 24.8 Å². The number of primary amides is 1. The number of nitrogens with zero attached hydrogens (tertiary/aromatic N) is 4. The van der Waals surface area contributed by atoms with Crippen molar-refractivity contribution in [3.63, 3.8) is 0 Å². The number of esters is 1. The highest BCUT2D eigenvalue weighted by Gasteiger charge is 2.51. The topological polar surface area (TPSA) is 173 Å². The number of fused-ring (bicyclic) bond motifs is 2. The van der Waals surface area contributed by atoms with E-state index in [-0.39, 0.29) is 37.4 Å². The molecule has 1 fully saturated rings. The molecule has 1 aromatic heterocycles. The average Bonchev–Trinajstić information content (AvgIpc) is 3.43. The van der Waals surface area contributed by atoms with E-state index >= 15 is 0 Å². The molecule has 2 aliphatic rings. The van der Waals surface area contributed by atoms with E-state index in [4.69, 9.17) is 24.8 Å². The summed E-state index contributed by atoms with van der Waals surface area (Å²) >= 11 is 0. The van der Waals surface area contributed by atoms with E-state index in [1.54, 1.807) is 82.8 Å². The first-order chi connectivity index (χ1) is 21.4. The van der Waals surface area contributed by atoms with Crippen LogP contribution in [0.4, 0.5) is 4.79 Å². The fourth-order valence-electron chi connectivity index (χ4n) is 5.08. The van der Waals surface area contributed by atoms with Crippen molar-refractivity contribution in [1.29, 1.82) is 0 Å². The van der Waals surface area contributed by atoms with Crippen LogP contribution in [0.1, 0.15) is 62.3 Å². The number of likely N-dealkylation sites (tertiary alicyclic amines) is 1. The minimum absolute atomic E-state index is 0.0982. The molecule has 3 heterocycles. The van der Waals surface area contributed by atoms with E-state index in [2.05, 4.69) is 5.10 Å². The first kappa shape index (κ1) is 32.4. The van der Waals surface area contributed by atoms with Crippen LogP contribution in [0.5, 0.6) is 5.75 Å². The Hall–Kier alpha value is -4.98. The maximum absolute atomic E-state index is 13.1. The minimum Gasteiger partial charge on any atom is -0.490 e. The summed E-state index contributed by atoms with van der Waals surface area (Å²) in [5.74, 6) is -2.43. The van der Waals surface area contributed by atoms with Gasteiger partial charge in [0, 0.05) is 24.7 Å². The summed E-state index contributed by atoms with van der Waals surface area (Å²) in [6, 6.07) is 11.3. The summed E-state index contributed by atoms with van der Waals surface area (Å²) < 4.78 is 18.3. The van der Waals surface area contributed by atoms with E-state index in [9.17, 15) is 24.0 Å². The number of benzene rings is 2. The molecule has 2 aliphatic heterocycles. The Morgan fingerprint density at radius 2 is 1.54 bits per heavy atom. The summed E-state index contributed by atoms with van der Waals surface area (Å²) in [7, 11) is 0. The highest BCUT2D eigenvalue weighted by Crippen LogP contribution is 2.34. The van der Waals surface area contributed by atoms with Crippen molar-refractivity contribution in [1.82, 2.24) is 19.7 Å². The van der Waals surface area contributed by atoms with Crippen LogP contribution >= 0.6 is 0 Å². The number of carbonyl (C=O) groups is 5. The number of imide groups is 1. The van der Waals surface area contributed by atoms with Gasteiger partial charge in [0.15, 0.2) is 0 Å². The SMILES string of the molecule is CC(C)(C)OC(=O)C(COc1ccc2nn(CC3(C(N)=O)CN(C(=O)OC(C)(C)C)C3)cc2c1)ON1C(=O)c2ccccc2C1=O. The fourth-order valence-corrected chi connectivity index (χ4v) is 5.08. The molecule has 1 unspecified atom stereocenters. The molecule has 0 aliphatic carbocycles. The zero-order valence-electron chi connectivity index (χ0n) is 26.6. The first-order valence-electron chi connectivity index (χ1n) is 14.7. The Morgan fingerprint density at radius 1 is 0.935 bits per heavy atom. The lowest BCUT2D eigenvalue weighted by Gasteiger charge is -2.47. The summed E-state index contributed by atoms with van der Waals surface area (Å²) in [5.41, 5.74) is 4.11. The number of hydrogen-bond donors (Lipinski definition) is 1. The average molecular weight is 636 g/mol. The minimum atomic E-state index is -1.46. The normalized spacial score (nSPS) is 16.6. The molecule has 0 bridgehead atoms. The Morgan fingerprint density at radius 3 is 2.11 bits per heavy atom. The monoisotopic (exact) mass is 635 g/mol. The van der Waals surface area contributed by atoms with Crippen LogP contribution in [-0.2, 0) is 30.4 Å². The largest absolute Gasteiger partial charge is 0.490 e. The summed E-state index contributed by atoms with van der Waals surface area (Å²) in [6.07, 6.45) is -0.265. The third kappa shape index (κ3) is 6.81. The smallest absolute Gasteiger partial charge is 0.410 e. The Bertz CT molecular complexity index is 1680. The number of hydrogen-bond acceptors (Lipinski definition) is 10. The van der Waals surface area contributed by atoms with E-state index in [1.807, 2.05) is 0 Å². The molecular formula is C32H37N5O9. The van der Waals surface area contributed by atoms with Crippen LogP contribution in [0.25, 0.3) is 10.9 Å². The maximum Gasteiger partial charge on any atom is 0.410 e. The molecule has 0 saturated carbocycles. The van der Waals surface area contributed by atoms with Crippen molar-refractivity contribution in [3.05, 3.63) is 59.8 Å². The van der Waals surface area contributed by atoms with Gasteiger partial charge in [0.2, 0.25) is 12.0 Å².